The lowest BCUT2D eigenvalue weighted by molar-refractivity contribution is 0.102. The minimum atomic E-state index is -0.192. The van der Waals surface area contributed by atoms with Crippen LogP contribution in [0.3, 0.4) is 0 Å². The number of nitrogens with zero attached hydrogens (tertiary/aromatic N) is 3. The van der Waals surface area contributed by atoms with E-state index >= 15 is 0 Å². The molecule has 5 heteroatoms. The first-order valence-corrected chi connectivity index (χ1v) is 10.3. The molecule has 1 amide bonds. The molecule has 0 aliphatic heterocycles. The fourth-order valence-corrected chi connectivity index (χ4v) is 3.84. The van der Waals surface area contributed by atoms with Crippen LogP contribution in [0.1, 0.15) is 39.4 Å². The summed E-state index contributed by atoms with van der Waals surface area (Å²) in [4.78, 5) is 17.3. The molecule has 0 saturated carbocycles. The first kappa shape index (κ1) is 18.8. The third kappa shape index (κ3) is 3.96. The van der Waals surface area contributed by atoms with Gasteiger partial charge >= 0.3 is 0 Å². The fraction of sp³-hybridized carbons (Fsp3) is 0.115. The summed E-state index contributed by atoms with van der Waals surface area (Å²) in [6.45, 7) is 0. The molecule has 4 aromatic rings. The van der Waals surface area contributed by atoms with Gasteiger partial charge in [0.1, 0.15) is 5.69 Å². The predicted molar refractivity (Wildman–Crippen MR) is 120 cm³/mol. The summed E-state index contributed by atoms with van der Waals surface area (Å²) in [5.74, 6) is 5.95. The lowest BCUT2D eigenvalue weighted by Crippen LogP contribution is -2.15. The van der Waals surface area contributed by atoms with Crippen LogP contribution in [-0.4, -0.2) is 20.7 Å². The number of nitrogens with one attached hydrogen (secondary N) is 1. The minimum absolute atomic E-state index is 0.192. The van der Waals surface area contributed by atoms with E-state index in [0.29, 0.717) is 17.1 Å². The number of pyridine rings is 1. The van der Waals surface area contributed by atoms with E-state index in [1.54, 1.807) is 6.20 Å². The molecule has 5 rings (SSSR count). The topological polar surface area (TPSA) is 59.8 Å². The average Bonchev–Trinajstić information content (AvgIpc) is 3.42. The van der Waals surface area contributed by atoms with E-state index in [1.165, 1.54) is 0 Å². The van der Waals surface area contributed by atoms with E-state index in [0.717, 1.165) is 41.8 Å². The van der Waals surface area contributed by atoms with Gasteiger partial charge in [-0.15, -0.1) is 0 Å². The Morgan fingerprint density at radius 3 is 2.65 bits per heavy atom. The van der Waals surface area contributed by atoms with Crippen molar-refractivity contribution in [3.63, 3.8) is 0 Å². The third-order valence-corrected chi connectivity index (χ3v) is 5.27. The van der Waals surface area contributed by atoms with Crippen molar-refractivity contribution in [2.45, 2.75) is 19.3 Å². The molecule has 0 atom stereocenters. The Hall–Kier alpha value is -4.17. The van der Waals surface area contributed by atoms with Gasteiger partial charge in [-0.2, -0.15) is 5.10 Å². The van der Waals surface area contributed by atoms with E-state index < -0.39 is 0 Å². The largest absolute Gasteiger partial charge is 0.321 e. The van der Waals surface area contributed by atoms with Crippen LogP contribution in [0.4, 0.5) is 5.69 Å². The Morgan fingerprint density at radius 1 is 0.935 bits per heavy atom. The molecule has 5 nitrogen and oxygen atoms in total. The maximum absolute atomic E-state index is 13.1. The van der Waals surface area contributed by atoms with Gasteiger partial charge in [-0.3, -0.25) is 4.79 Å². The summed E-state index contributed by atoms with van der Waals surface area (Å²) < 4.78 is 1.91. The maximum atomic E-state index is 13.1. The number of fused-ring (bicyclic) bond motifs is 1. The Kier molecular flexibility index (Phi) is 5.04. The number of amides is 1. The molecule has 0 spiro atoms. The molecular weight excluding hydrogens is 384 g/mol. The lowest BCUT2D eigenvalue weighted by Gasteiger charge is -2.06. The van der Waals surface area contributed by atoms with Crippen molar-refractivity contribution in [1.29, 1.82) is 0 Å². The molecule has 2 aromatic carbocycles. The average molecular weight is 404 g/mol. The van der Waals surface area contributed by atoms with Gasteiger partial charge in [0.15, 0.2) is 5.69 Å². The summed E-state index contributed by atoms with van der Waals surface area (Å²) >= 11 is 0. The second kappa shape index (κ2) is 8.29. The summed E-state index contributed by atoms with van der Waals surface area (Å²) in [5, 5.41) is 7.66. The Balaban J connectivity index is 1.40. The minimum Gasteiger partial charge on any atom is -0.321 e. The number of aromatic nitrogens is 3. The van der Waals surface area contributed by atoms with Gasteiger partial charge in [-0.1, -0.05) is 36.3 Å². The first-order valence-electron chi connectivity index (χ1n) is 10.3. The van der Waals surface area contributed by atoms with E-state index in [9.17, 15) is 4.79 Å². The first-order chi connectivity index (χ1) is 15.3. The van der Waals surface area contributed by atoms with E-state index in [1.807, 2.05) is 77.5 Å². The quantitative estimate of drug-likeness (QED) is 0.515. The van der Waals surface area contributed by atoms with Gasteiger partial charge < -0.3 is 5.32 Å². The molecule has 1 aliphatic rings. The van der Waals surface area contributed by atoms with E-state index in [2.05, 4.69) is 27.2 Å². The molecule has 150 valence electrons. The summed E-state index contributed by atoms with van der Waals surface area (Å²) in [5.41, 5.74) is 5.87. The van der Waals surface area contributed by atoms with Crippen LogP contribution in [0.15, 0.2) is 79.0 Å². The Bertz CT molecular complexity index is 1300. The van der Waals surface area contributed by atoms with Gasteiger partial charge in [0.2, 0.25) is 0 Å². The van der Waals surface area contributed by atoms with Crippen LogP contribution in [-0.2, 0) is 12.8 Å². The van der Waals surface area contributed by atoms with Crippen molar-refractivity contribution >= 4 is 11.6 Å². The Morgan fingerprint density at radius 2 is 1.81 bits per heavy atom. The molecule has 0 radical (unpaired) electrons. The van der Waals surface area contributed by atoms with Crippen molar-refractivity contribution in [1.82, 2.24) is 14.8 Å². The number of rotatable bonds is 3. The molecular formula is C26H20N4O. The summed E-state index contributed by atoms with van der Waals surface area (Å²) in [7, 11) is 0. The number of anilines is 1. The molecule has 1 N–H and O–H groups in total. The predicted octanol–water partition coefficient (Wildman–Crippen LogP) is 4.41. The maximum Gasteiger partial charge on any atom is 0.276 e. The van der Waals surface area contributed by atoms with Gasteiger partial charge in [0, 0.05) is 28.7 Å². The normalized spacial score (nSPS) is 12.0. The smallest absolute Gasteiger partial charge is 0.276 e. The van der Waals surface area contributed by atoms with Gasteiger partial charge in [0.05, 0.1) is 5.69 Å². The van der Waals surface area contributed by atoms with Crippen molar-refractivity contribution in [2.24, 2.45) is 0 Å². The highest BCUT2D eigenvalue weighted by atomic mass is 16.2. The van der Waals surface area contributed by atoms with Crippen LogP contribution in [0.5, 0.6) is 0 Å². The highest BCUT2D eigenvalue weighted by Crippen LogP contribution is 2.28. The monoisotopic (exact) mass is 404 g/mol. The fourth-order valence-electron chi connectivity index (χ4n) is 3.84. The molecule has 2 aromatic heterocycles. The number of hydrogen-bond donors (Lipinski definition) is 1. The van der Waals surface area contributed by atoms with Crippen molar-refractivity contribution in [2.75, 3.05) is 5.32 Å². The van der Waals surface area contributed by atoms with Crippen LogP contribution in [0.2, 0.25) is 0 Å². The molecule has 0 unspecified atom stereocenters. The second-order valence-corrected chi connectivity index (χ2v) is 7.37. The highest BCUT2D eigenvalue weighted by Gasteiger charge is 2.27. The van der Waals surface area contributed by atoms with E-state index in [-0.39, 0.29) is 5.91 Å². The highest BCUT2D eigenvalue weighted by molar-refractivity contribution is 6.04. The van der Waals surface area contributed by atoms with Crippen LogP contribution in [0.25, 0.3) is 5.69 Å². The summed E-state index contributed by atoms with van der Waals surface area (Å²) in [6.07, 6.45) is 4.57. The van der Waals surface area contributed by atoms with Gasteiger partial charge in [-0.25, -0.2) is 9.67 Å². The molecule has 1 aliphatic carbocycles. The number of carbonyl (C=O) groups excluding carboxylic acids is 1. The molecule has 0 bridgehead atoms. The van der Waals surface area contributed by atoms with Crippen molar-refractivity contribution in [3.05, 3.63) is 107 Å². The second-order valence-electron chi connectivity index (χ2n) is 7.37. The van der Waals surface area contributed by atoms with Gasteiger partial charge in [-0.05, 0) is 67.6 Å². The van der Waals surface area contributed by atoms with Crippen molar-refractivity contribution in [3.8, 4) is 17.5 Å². The zero-order chi connectivity index (χ0) is 21.0. The third-order valence-electron chi connectivity index (χ3n) is 5.27. The lowest BCUT2D eigenvalue weighted by atomic mass is 10.1. The SMILES string of the molecule is O=C(Nc1cccc(C#Cc2ccccn2)c1)c1nn(-c2ccccc2)c2c1CCC2. The number of para-hydroxylation sites is 1. The molecule has 0 saturated heterocycles. The number of hydrogen-bond acceptors (Lipinski definition) is 3. The standard InChI is InChI=1S/C26H20N4O/c31-26(25-23-13-7-14-24(23)30(29-25)22-11-2-1-3-12-22)28-21-10-6-8-19(18-21)15-16-20-9-4-5-17-27-20/h1-6,8-12,17-18H,7,13-14H2,(H,28,31). The number of benzene rings is 2. The zero-order valence-corrected chi connectivity index (χ0v) is 16.9. The number of carbonyl (C=O) groups is 1. The summed E-state index contributed by atoms with van der Waals surface area (Å²) in [6, 6.07) is 23.1. The van der Waals surface area contributed by atoms with Crippen LogP contribution < -0.4 is 5.32 Å². The van der Waals surface area contributed by atoms with Crippen LogP contribution >= 0.6 is 0 Å². The van der Waals surface area contributed by atoms with Gasteiger partial charge in [0.25, 0.3) is 5.91 Å². The molecule has 0 fully saturated rings. The molecule has 2 heterocycles. The zero-order valence-electron chi connectivity index (χ0n) is 16.9. The van der Waals surface area contributed by atoms with Crippen LogP contribution in [0, 0.1) is 11.8 Å². The van der Waals surface area contributed by atoms with Crippen molar-refractivity contribution < 1.29 is 4.79 Å². The Labute approximate surface area is 180 Å². The van der Waals surface area contributed by atoms with E-state index in [4.69, 9.17) is 0 Å². The molecule has 31 heavy (non-hydrogen) atoms.